The Labute approximate surface area is 130 Å². The van der Waals surface area contributed by atoms with E-state index in [1.165, 1.54) is 18.4 Å². The first-order valence-electron chi connectivity index (χ1n) is 6.48. The molecule has 1 amide bonds. The molecule has 1 aromatic rings. The number of hydrogen-bond donors (Lipinski definition) is 2. The van der Waals surface area contributed by atoms with Gasteiger partial charge in [0, 0.05) is 24.0 Å². The third-order valence-electron chi connectivity index (χ3n) is 3.31. The molecule has 20 heavy (non-hydrogen) atoms. The van der Waals surface area contributed by atoms with Gasteiger partial charge >= 0.3 is 5.97 Å². The zero-order valence-electron chi connectivity index (χ0n) is 11.2. The highest BCUT2D eigenvalue weighted by molar-refractivity contribution is 9.11. The summed E-state index contributed by atoms with van der Waals surface area (Å²) in [7, 11) is 1.36. The van der Waals surface area contributed by atoms with Gasteiger partial charge in [0.05, 0.1) is 22.5 Å². The number of halogens is 1. The van der Waals surface area contributed by atoms with Gasteiger partial charge in [0.1, 0.15) is 0 Å². The largest absolute Gasteiger partial charge is 0.465 e. The molecular weight excluding hydrogens is 344 g/mol. The van der Waals surface area contributed by atoms with E-state index in [4.69, 9.17) is 4.74 Å². The van der Waals surface area contributed by atoms with Gasteiger partial charge < -0.3 is 15.4 Å². The lowest BCUT2D eigenvalue weighted by Crippen LogP contribution is -2.42. The fourth-order valence-corrected chi connectivity index (χ4v) is 3.58. The molecular formula is C13H17BrN2O3S. The van der Waals surface area contributed by atoms with E-state index in [0.717, 1.165) is 35.2 Å². The maximum atomic E-state index is 11.9. The number of ether oxygens (including phenoxy) is 1. The summed E-state index contributed by atoms with van der Waals surface area (Å²) >= 11 is 4.88. The summed E-state index contributed by atoms with van der Waals surface area (Å²) in [5, 5.41) is 7.88. The van der Waals surface area contributed by atoms with Crippen LogP contribution in [0.1, 0.15) is 35.2 Å². The average molecular weight is 361 g/mol. The second-order valence-electron chi connectivity index (χ2n) is 4.61. The van der Waals surface area contributed by atoms with Gasteiger partial charge in [-0.2, -0.15) is 0 Å². The number of esters is 1. The second kappa shape index (κ2) is 7.19. The highest BCUT2D eigenvalue weighted by Gasteiger charge is 2.22. The molecule has 0 saturated carbocycles. The van der Waals surface area contributed by atoms with Crippen molar-refractivity contribution < 1.29 is 14.3 Å². The van der Waals surface area contributed by atoms with Crippen molar-refractivity contribution in [3.05, 3.63) is 20.3 Å². The number of amides is 1. The molecule has 5 nitrogen and oxygen atoms in total. The van der Waals surface area contributed by atoms with E-state index < -0.39 is 0 Å². The van der Waals surface area contributed by atoms with Crippen LogP contribution in [0.4, 0.5) is 0 Å². The number of carbonyl (C=O) groups is 2. The minimum Gasteiger partial charge on any atom is -0.465 e. The van der Waals surface area contributed by atoms with Gasteiger partial charge in [-0.15, -0.1) is 11.3 Å². The van der Waals surface area contributed by atoms with Crippen molar-refractivity contribution in [2.45, 2.75) is 31.8 Å². The Balaban J connectivity index is 2.04. The number of rotatable bonds is 4. The lowest BCUT2D eigenvalue weighted by Gasteiger charge is -2.15. The lowest BCUT2D eigenvalue weighted by atomic mass is 10.1. The molecule has 0 radical (unpaired) electrons. The van der Waals surface area contributed by atoms with Crippen LogP contribution in [0.3, 0.4) is 0 Å². The van der Waals surface area contributed by atoms with Gasteiger partial charge in [0.25, 0.3) is 0 Å². The van der Waals surface area contributed by atoms with Crippen LogP contribution in [0.15, 0.2) is 9.17 Å². The van der Waals surface area contributed by atoms with Crippen molar-refractivity contribution in [1.82, 2.24) is 10.6 Å². The van der Waals surface area contributed by atoms with Gasteiger partial charge in [-0.1, -0.05) is 0 Å². The van der Waals surface area contributed by atoms with Crippen LogP contribution in [-0.4, -0.2) is 31.6 Å². The van der Waals surface area contributed by atoms with Gasteiger partial charge in [0.2, 0.25) is 5.91 Å². The van der Waals surface area contributed by atoms with E-state index in [2.05, 4.69) is 26.6 Å². The highest BCUT2D eigenvalue weighted by atomic mass is 79.9. The van der Waals surface area contributed by atoms with E-state index in [9.17, 15) is 9.59 Å². The first-order chi connectivity index (χ1) is 9.63. The molecule has 1 fully saturated rings. The van der Waals surface area contributed by atoms with Gasteiger partial charge in [-0.3, -0.25) is 4.79 Å². The van der Waals surface area contributed by atoms with E-state index >= 15 is 0 Å². The van der Waals surface area contributed by atoms with Crippen molar-refractivity contribution in [3.63, 3.8) is 0 Å². The topological polar surface area (TPSA) is 67.4 Å². The summed E-state index contributed by atoms with van der Waals surface area (Å²) in [5.41, 5.74) is 1.39. The van der Waals surface area contributed by atoms with Crippen molar-refractivity contribution >= 4 is 39.1 Å². The summed E-state index contributed by atoms with van der Waals surface area (Å²) in [6, 6.07) is -0.199. The van der Waals surface area contributed by atoms with Crippen LogP contribution in [-0.2, 0) is 16.1 Å². The van der Waals surface area contributed by atoms with Gasteiger partial charge in [-0.25, -0.2) is 4.79 Å². The zero-order chi connectivity index (χ0) is 14.5. The highest BCUT2D eigenvalue weighted by Crippen LogP contribution is 2.29. The maximum absolute atomic E-state index is 11.9. The minimum atomic E-state index is -0.353. The first kappa shape index (κ1) is 15.5. The molecule has 2 N–H and O–H groups in total. The number of carbonyl (C=O) groups excluding carboxylic acids is 2. The van der Waals surface area contributed by atoms with Gasteiger partial charge in [-0.05, 0) is 35.2 Å². The smallest absolute Gasteiger partial charge is 0.339 e. The molecule has 2 rings (SSSR count). The first-order valence-corrected chi connectivity index (χ1v) is 8.16. The molecule has 110 valence electrons. The van der Waals surface area contributed by atoms with Crippen LogP contribution in [0.2, 0.25) is 0 Å². The fourth-order valence-electron chi connectivity index (χ4n) is 2.16. The molecule has 0 unspecified atom stereocenters. The van der Waals surface area contributed by atoms with Crippen LogP contribution in [0, 0.1) is 0 Å². The van der Waals surface area contributed by atoms with Crippen molar-refractivity contribution in [3.8, 4) is 0 Å². The maximum Gasteiger partial charge on any atom is 0.339 e. The molecule has 1 aromatic heterocycles. The van der Waals surface area contributed by atoms with E-state index in [-0.39, 0.29) is 17.9 Å². The summed E-state index contributed by atoms with van der Waals surface area (Å²) in [5.74, 6) is -0.317. The number of thiophene rings is 1. The summed E-state index contributed by atoms with van der Waals surface area (Å²) in [6.45, 7) is 1.21. The molecule has 0 aliphatic carbocycles. The van der Waals surface area contributed by atoms with Crippen molar-refractivity contribution in [2.75, 3.05) is 13.7 Å². The van der Waals surface area contributed by atoms with Crippen LogP contribution in [0.5, 0.6) is 0 Å². The Kier molecular flexibility index (Phi) is 5.56. The van der Waals surface area contributed by atoms with E-state index in [1.807, 2.05) is 0 Å². The molecule has 0 spiro atoms. The fraction of sp³-hybridized carbons (Fsp3) is 0.538. The number of nitrogens with one attached hydrogen (secondary N) is 2. The zero-order valence-corrected chi connectivity index (χ0v) is 13.6. The number of methoxy groups -OCH3 is 1. The van der Waals surface area contributed by atoms with Crippen molar-refractivity contribution in [2.24, 2.45) is 0 Å². The molecule has 1 saturated heterocycles. The molecule has 1 atom stereocenters. The third-order valence-corrected chi connectivity index (χ3v) is 5.15. The monoisotopic (exact) mass is 360 g/mol. The number of hydrogen-bond acceptors (Lipinski definition) is 5. The molecule has 0 aromatic carbocycles. The molecule has 7 heteroatoms. The Morgan fingerprint density at radius 1 is 1.60 bits per heavy atom. The molecule has 2 heterocycles. The predicted molar refractivity (Wildman–Crippen MR) is 80.8 cm³/mol. The van der Waals surface area contributed by atoms with E-state index in [1.54, 1.807) is 5.38 Å². The van der Waals surface area contributed by atoms with Crippen LogP contribution >= 0.6 is 27.3 Å². The summed E-state index contributed by atoms with van der Waals surface area (Å²) in [4.78, 5) is 23.5. The Morgan fingerprint density at radius 2 is 2.40 bits per heavy atom. The lowest BCUT2D eigenvalue weighted by molar-refractivity contribution is -0.122. The quantitative estimate of drug-likeness (QED) is 0.806. The minimum absolute atomic E-state index is 0.0356. The Bertz CT molecular complexity index is 504. The van der Waals surface area contributed by atoms with Crippen LogP contribution in [0.25, 0.3) is 0 Å². The standard InChI is InChI=1S/C13H17BrN2O3S/c1-19-13(18)9-7-20-11(14)8(9)6-16-10-4-2-3-5-15-12(10)17/h7,10,16H,2-6H2,1H3,(H,15,17)/t10-/m0/s1. The molecule has 1 aliphatic rings. The summed E-state index contributed by atoms with van der Waals surface area (Å²) in [6.07, 6.45) is 2.85. The third kappa shape index (κ3) is 3.59. The molecule has 0 bridgehead atoms. The summed E-state index contributed by atoms with van der Waals surface area (Å²) < 4.78 is 5.65. The van der Waals surface area contributed by atoms with E-state index in [0.29, 0.717) is 12.1 Å². The Hall–Kier alpha value is -0.920. The normalized spacial score (nSPS) is 19.3. The average Bonchev–Trinajstić information content (AvgIpc) is 2.68. The van der Waals surface area contributed by atoms with Gasteiger partial charge in [0.15, 0.2) is 0 Å². The second-order valence-corrected chi connectivity index (χ2v) is 6.81. The predicted octanol–water partition coefficient (Wildman–Crippen LogP) is 2.06. The Morgan fingerprint density at radius 3 is 3.15 bits per heavy atom. The SMILES string of the molecule is COC(=O)c1csc(Br)c1CN[C@H]1CCCCNC1=O. The van der Waals surface area contributed by atoms with Crippen molar-refractivity contribution in [1.29, 1.82) is 0 Å². The molecule has 1 aliphatic heterocycles. The van der Waals surface area contributed by atoms with Crippen LogP contribution < -0.4 is 10.6 Å².